The highest BCUT2D eigenvalue weighted by Gasteiger charge is 2.10. The average Bonchev–Trinajstić information content (AvgIpc) is 3.14. The van der Waals surface area contributed by atoms with Crippen LogP contribution in [0.3, 0.4) is 0 Å². The van der Waals surface area contributed by atoms with Gasteiger partial charge in [0.25, 0.3) is 0 Å². The van der Waals surface area contributed by atoms with E-state index in [0.717, 1.165) is 11.3 Å². The maximum absolute atomic E-state index is 5.83. The van der Waals surface area contributed by atoms with Crippen LogP contribution in [0.5, 0.6) is 0 Å². The topological polar surface area (TPSA) is 63.8 Å². The SMILES string of the molecule is c1ccc(Nc2nccc(-c3cnc(-c4ccccc4)o3)n2)cc1. The molecule has 2 aromatic heterocycles. The highest BCUT2D eigenvalue weighted by atomic mass is 16.4. The summed E-state index contributed by atoms with van der Waals surface area (Å²) in [5.41, 5.74) is 2.54. The molecule has 0 fully saturated rings. The molecule has 4 rings (SSSR count). The van der Waals surface area contributed by atoms with E-state index < -0.39 is 0 Å². The number of rotatable bonds is 4. The Bertz CT molecular complexity index is 936. The second-order valence-corrected chi connectivity index (χ2v) is 5.15. The number of aromatic nitrogens is 3. The molecule has 0 unspecified atom stereocenters. The van der Waals surface area contributed by atoms with Gasteiger partial charge in [0.05, 0.1) is 6.20 Å². The van der Waals surface area contributed by atoms with Gasteiger partial charge in [-0.2, -0.15) is 0 Å². The largest absolute Gasteiger partial charge is 0.434 e. The molecule has 0 saturated carbocycles. The van der Waals surface area contributed by atoms with E-state index in [1.54, 1.807) is 18.5 Å². The van der Waals surface area contributed by atoms with E-state index in [2.05, 4.69) is 20.3 Å². The fourth-order valence-corrected chi connectivity index (χ4v) is 2.31. The summed E-state index contributed by atoms with van der Waals surface area (Å²) in [6.07, 6.45) is 3.37. The van der Waals surface area contributed by atoms with Gasteiger partial charge in [0, 0.05) is 17.4 Å². The van der Waals surface area contributed by atoms with Crippen LogP contribution >= 0.6 is 0 Å². The Hall–Kier alpha value is -3.47. The number of nitrogens with zero attached hydrogens (tertiary/aromatic N) is 3. The second kappa shape index (κ2) is 6.34. The van der Waals surface area contributed by atoms with E-state index in [-0.39, 0.29) is 0 Å². The molecule has 4 aromatic rings. The first-order chi connectivity index (χ1) is 11.9. The first-order valence-corrected chi connectivity index (χ1v) is 7.55. The molecule has 0 amide bonds. The van der Waals surface area contributed by atoms with Gasteiger partial charge >= 0.3 is 0 Å². The molecule has 0 atom stereocenters. The molecule has 116 valence electrons. The minimum Gasteiger partial charge on any atom is -0.434 e. The van der Waals surface area contributed by atoms with E-state index in [1.807, 2.05) is 60.7 Å². The van der Waals surface area contributed by atoms with Crippen LogP contribution in [0.2, 0.25) is 0 Å². The van der Waals surface area contributed by atoms with Crippen molar-refractivity contribution in [2.24, 2.45) is 0 Å². The molecule has 2 heterocycles. The molecule has 5 heteroatoms. The number of para-hydroxylation sites is 1. The van der Waals surface area contributed by atoms with Gasteiger partial charge in [-0.15, -0.1) is 0 Å². The highest BCUT2D eigenvalue weighted by Crippen LogP contribution is 2.25. The molecule has 0 bridgehead atoms. The lowest BCUT2D eigenvalue weighted by molar-refractivity contribution is 0.586. The molecular weight excluding hydrogens is 300 g/mol. The average molecular weight is 314 g/mol. The number of benzene rings is 2. The summed E-state index contributed by atoms with van der Waals surface area (Å²) in [5, 5.41) is 3.17. The van der Waals surface area contributed by atoms with Crippen LogP contribution in [0.4, 0.5) is 11.6 Å². The first kappa shape index (κ1) is 14.1. The van der Waals surface area contributed by atoms with Crippen molar-refractivity contribution < 1.29 is 4.42 Å². The second-order valence-electron chi connectivity index (χ2n) is 5.15. The maximum Gasteiger partial charge on any atom is 0.227 e. The van der Waals surface area contributed by atoms with Gasteiger partial charge < -0.3 is 9.73 Å². The summed E-state index contributed by atoms with van der Waals surface area (Å²) < 4.78 is 5.83. The number of oxazole rings is 1. The number of hydrogen-bond acceptors (Lipinski definition) is 5. The molecule has 0 aliphatic heterocycles. The summed E-state index contributed by atoms with van der Waals surface area (Å²) >= 11 is 0. The standard InChI is InChI=1S/C19H14N4O/c1-3-7-14(8-4-1)18-21-13-17(24-18)16-11-12-20-19(23-16)22-15-9-5-2-6-10-15/h1-13H,(H,20,22,23). The van der Waals surface area contributed by atoms with Crippen molar-refractivity contribution in [1.82, 2.24) is 15.0 Å². The fourth-order valence-electron chi connectivity index (χ4n) is 2.31. The Morgan fingerprint density at radius 1 is 0.792 bits per heavy atom. The third-order valence-electron chi connectivity index (χ3n) is 3.46. The van der Waals surface area contributed by atoms with Crippen molar-refractivity contribution in [3.8, 4) is 22.9 Å². The monoisotopic (exact) mass is 314 g/mol. The van der Waals surface area contributed by atoms with E-state index in [9.17, 15) is 0 Å². The van der Waals surface area contributed by atoms with Crippen LogP contribution in [0, 0.1) is 0 Å². The fraction of sp³-hybridized carbons (Fsp3) is 0. The minimum atomic E-state index is 0.511. The minimum absolute atomic E-state index is 0.511. The summed E-state index contributed by atoms with van der Waals surface area (Å²) in [6.45, 7) is 0. The van der Waals surface area contributed by atoms with Crippen molar-refractivity contribution in [1.29, 1.82) is 0 Å². The predicted octanol–water partition coefficient (Wildman–Crippen LogP) is 4.54. The Balaban J connectivity index is 1.61. The van der Waals surface area contributed by atoms with Gasteiger partial charge in [0.2, 0.25) is 11.8 Å². The predicted molar refractivity (Wildman–Crippen MR) is 92.7 cm³/mol. The third kappa shape index (κ3) is 3.01. The molecule has 2 aromatic carbocycles. The zero-order valence-corrected chi connectivity index (χ0v) is 12.8. The van der Waals surface area contributed by atoms with Crippen LogP contribution in [0.25, 0.3) is 22.9 Å². The maximum atomic E-state index is 5.83. The van der Waals surface area contributed by atoms with E-state index in [4.69, 9.17) is 4.42 Å². The van der Waals surface area contributed by atoms with Crippen LogP contribution in [-0.2, 0) is 0 Å². The smallest absolute Gasteiger partial charge is 0.227 e. The van der Waals surface area contributed by atoms with Crippen LogP contribution in [-0.4, -0.2) is 15.0 Å². The number of hydrogen-bond donors (Lipinski definition) is 1. The van der Waals surface area contributed by atoms with Crippen molar-refractivity contribution in [2.45, 2.75) is 0 Å². The van der Waals surface area contributed by atoms with Crippen molar-refractivity contribution in [3.05, 3.63) is 79.1 Å². The lowest BCUT2D eigenvalue weighted by atomic mass is 10.2. The van der Waals surface area contributed by atoms with Gasteiger partial charge in [-0.3, -0.25) is 0 Å². The van der Waals surface area contributed by atoms with Crippen molar-refractivity contribution in [2.75, 3.05) is 5.32 Å². The van der Waals surface area contributed by atoms with Crippen LogP contribution in [0.1, 0.15) is 0 Å². The van der Waals surface area contributed by atoms with E-state index >= 15 is 0 Å². The molecule has 0 aliphatic carbocycles. The molecule has 1 N–H and O–H groups in total. The Labute approximate surface area is 139 Å². The lowest BCUT2D eigenvalue weighted by Crippen LogP contribution is -1.97. The zero-order chi connectivity index (χ0) is 16.2. The lowest BCUT2D eigenvalue weighted by Gasteiger charge is -2.04. The van der Waals surface area contributed by atoms with Gasteiger partial charge in [-0.05, 0) is 30.3 Å². The Morgan fingerprint density at radius 3 is 2.33 bits per heavy atom. The quantitative estimate of drug-likeness (QED) is 0.599. The van der Waals surface area contributed by atoms with Crippen LogP contribution < -0.4 is 5.32 Å². The van der Waals surface area contributed by atoms with Crippen molar-refractivity contribution in [3.63, 3.8) is 0 Å². The van der Waals surface area contributed by atoms with E-state index in [0.29, 0.717) is 23.3 Å². The molecule has 0 aliphatic rings. The summed E-state index contributed by atoms with van der Waals surface area (Å²) in [6, 6.07) is 21.3. The summed E-state index contributed by atoms with van der Waals surface area (Å²) in [4.78, 5) is 13.1. The molecule has 24 heavy (non-hydrogen) atoms. The highest BCUT2D eigenvalue weighted by molar-refractivity contribution is 5.60. The molecule has 0 saturated heterocycles. The Morgan fingerprint density at radius 2 is 1.54 bits per heavy atom. The molecular formula is C19H14N4O. The molecule has 0 spiro atoms. The Kier molecular flexibility index (Phi) is 3.73. The van der Waals surface area contributed by atoms with E-state index in [1.165, 1.54) is 0 Å². The van der Waals surface area contributed by atoms with Crippen molar-refractivity contribution >= 4 is 11.6 Å². The zero-order valence-electron chi connectivity index (χ0n) is 12.8. The first-order valence-electron chi connectivity index (χ1n) is 7.55. The molecule has 5 nitrogen and oxygen atoms in total. The summed E-state index contributed by atoms with van der Waals surface area (Å²) in [7, 11) is 0. The normalized spacial score (nSPS) is 10.5. The van der Waals surface area contributed by atoms with Crippen LogP contribution in [0.15, 0.2) is 83.5 Å². The van der Waals surface area contributed by atoms with Gasteiger partial charge in [-0.1, -0.05) is 36.4 Å². The van der Waals surface area contributed by atoms with Gasteiger partial charge in [0.15, 0.2) is 5.76 Å². The van der Waals surface area contributed by atoms with Gasteiger partial charge in [0.1, 0.15) is 5.69 Å². The summed E-state index contributed by atoms with van der Waals surface area (Å²) in [5.74, 6) is 1.69. The number of nitrogens with one attached hydrogen (secondary N) is 1. The third-order valence-corrected chi connectivity index (χ3v) is 3.46. The molecule has 0 radical (unpaired) electrons. The van der Waals surface area contributed by atoms with Gasteiger partial charge in [-0.25, -0.2) is 15.0 Å². The number of anilines is 2.